The van der Waals surface area contributed by atoms with Gasteiger partial charge in [-0.15, -0.1) is 16.8 Å². The number of hydrogen-bond acceptors (Lipinski definition) is 5. The Hall–Kier alpha value is -2.80. The zero-order chi connectivity index (χ0) is 21.7. The lowest BCUT2D eigenvalue weighted by Crippen LogP contribution is -2.18. The maximum atomic E-state index is 12.8. The van der Waals surface area contributed by atoms with Crippen molar-refractivity contribution in [3.63, 3.8) is 0 Å². The van der Waals surface area contributed by atoms with Crippen LogP contribution in [0.5, 0.6) is 0 Å². The second kappa shape index (κ2) is 9.80. The van der Waals surface area contributed by atoms with Gasteiger partial charge in [0.25, 0.3) is 0 Å². The third-order valence-electron chi connectivity index (χ3n) is 4.74. The summed E-state index contributed by atoms with van der Waals surface area (Å²) >= 11 is 1.35. The maximum absolute atomic E-state index is 12.8. The third kappa shape index (κ3) is 4.84. The highest BCUT2D eigenvalue weighted by molar-refractivity contribution is 7.99. The Morgan fingerprint density at radius 3 is 2.43 bits per heavy atom. The van der Waals surface area contributed by atoms with Gasteiger partial charge in [0.1, 0.15) is 0 Å². The van der Waals surface area contributed by atoms with Crippen molar-refractivity contribution >= 4 is 23.4 Å². The summed E-state index contributed by atoms with van der Waals surface area (Å²) in [5.74, 6) is 2.06. The van der Waals surface area contributed by atoms with E-state index in [1.165, 1.54) is 11.8 Å². The number of anilines is 1. The zero-order valence-corrected chi connectivity index (χ0v) is 18.7. The number of furan rings is 1. The van der Waals surface area contributed by atoms with Crippen LogP contribution in [-0.2, 0) is 11.3 Å². The van der Waals surface area contributed by atoms with Gasteiger partial charge in [-0.25, -0.2) is 0 Å². The van der Waals surface area contributed by atoms with Crippen molar-refractivity contribution in [1.29, 1.82) is 0 Å². The molecule has 0 aliphatic rings. The van der Waals surface area contributed by atoms with E-state index in [-0.39, 0.29) is 11.7 Å². The predicted molar refractivity (Wildman–Crippen MR) is 122 cm³/mol. The topological polar surface area (TPSA) is 73.0 Å². The Morgan fingerprint density at radius 1 is 1.17 bits per heavy atom. The van der Waals surface area contributed by atoms with Crippen LogP contribution in [0.1, 0.15) is 50.7 Å². The zero-order valence-electron chi connectivity index (χ0n) is 17.9. The summed E-state index contributed by atoms with van der Waals surface area (Å²) in [6, 6.07) is 9.86. The van der Waals surface area contributed by atoms with Crippen molar-refractivity contribution in [2.75, 3.05) is 11.1 Å². The third-order valence-corrected chi connectivity index (χ3v) is 5.71. The monoisotopic (exact) mass is 424 g/mol. The van der Waals surface area contributed by atoms with Gasteiger partial charge in [0.2, 0.25) is 11.7 Å². The number of rotatable bonds is 9. The molecule has 1 N–H and O–H groups in total. The molecule has 0 unspecified atom stereocenters. The van der Waals surface area contributed by atoms with Crippen LogP contribution in [0.4, 0.5) is 5.69 Å². The lowest BCUT2D eigenvalue weighted by atomic mass is 9.92. The maximum Gasteiger partial charge on any atom is 0.234 e. The minimum Gasteiger partial charge on any atom is -0.461 e. The average Bonchev–Trinajstić information content (AvgIpc) is 3.36. The van der Waals surface area contributed by atoms with E-state index < -0.39 is 0 Å². The highest BCUT2D eigenvalue weighted by atomic mass is 32.2. The van der Waals surface area contributed by atoms with E-state index in [1.54, 1.807) is 18.4 Å². The summed E-state index contributed by atoms with van der Waals surface area (Å²) in [6.45, 7) is 12.9. The lowest BCUT2D eigenvalue weighted by molar-refractivity contribution is -0.113. The molecule has 2 aromatic heterocycles. The van der Waals surface area contributed by atoms with E-state index in [1.807, 2.05) is 10.6 Å². The second-order valence-electron chi connectivity index (χ2n) is 7.64. The van der Waals surface area contributed by atoms with Gasteiger partial charge in [0.15, 0.2) is 10.9 Å². The van der Waals surface area contributed by atoms with E-state index in [4.69, 9.17) is 4.42 Å². The Labute approximate surface area is 181 Å². The number of benzene rings is 1. The number of allylic oxidation sites excluding steroid dienone is 1. The molecule has 158 valence electrons. The first-order valence-electron chi connectivity index (χ1n) is 10.1. The van der Waals surface area contributed by atoms with Crippen LogP contribution in [0.2, 0.25) is 0 Å². The number of para-hydroxylation sites is 1. The highest BCUT2D eigenvalue weighted by Crippen LogP contribution is 2.33. The number of carbonyl (C=O) groups excluding carboxylic acids is 1. The number of amides is 1. The molecule has 0 aliphatic carbocycles. The smallest absolute Gasteiger partial charge is 0.234 e. The standard InChI is InChI=1S/C23H28N4O2S/c1-6-12-27-22(19-11-8-13-29-19)25-26-23(27)30-14-20(28)24-21-17(15(2)3)9-7-10-18(21)16(4)5/h6-11,13,15-16H,1,12,14H2,2-5H3,(H,24,28). The van der Waals surface area contributed by atoms with Crippen LogP contribution in [-0.4, -0.2) is 26.4 Å². The SMILES string of the molecule is C=CCn1c(SCC(=O)Nc2c(C(C)C)cccc2C(C)C)nnc1-c1ccco1. The molecule has 1 aromatic carbocycles. The molecule has 3 aromatic rings. The Bertz CT molecular complexity index is 980. The first-order chi connectivity index (χ1) is 14.4. The molecule has 30 heavy (non-hydrogen) atoms. The molecule has 0 saturated heterocycles. The van der Waals surface area contributed by atoms with E-state index in [2.05, 4.69) is 68.0 Å². The van der Waals surface area contributed by atoms with E-state index in [0.717, 1.165) is 16.8 Å². The molecule has 0 atom stereocenters. The van der Waals surface area contributed by atoms with Gasteiger partial charge in [-0.3, -0.25) is 9.36 Å². The van der Waals surface area contributed by atoms with E-state index >= 15 is 0 Å². The van der Waals surface area contributed by atoms with Crippen molar-refractivity contribution in [1.82, 2.24) is 14.8 Å². The molecule has 2 heterocycles. The summed E-state index contributed by atoms with van der Waals surface area (Å²) in [7, 11) is 0. The van der Waals surface area contributed by atoms with E-state index in [9.17, 15) is 4.79 Å². The van der Waals surface area contributed by atoms with Gasteiger partial charge in [0.05, 0.1) is 12.0 Å². The molecule has 1 amide bonds. The van der Waals surface area contributed by atoms with Crippen molar-refractivity contribution in [2.45, 2.75) is 51.2 Å². The molecular formula is C23H28N4O2S. The summed E-state index contributed by atoms with van der Waals surface area (Å²) in [6.07, 6.45) is 3.37. The van der Waals surface area contributed by atoms with E-state index in [0.29, 0.717) is 35.1 Å². The fraction of sp³-hybridized carbons (Fsp3) is 0.348. The van der Waals surface area contributed by atoms with Gasteiger partial charge >= 0.3 is 0 Å². The Kier molecular flexibility index (Phi) is 7.15. The fourth-order valence-corrected chi connectivity index (χ4v) is 4.03. The number of nitrogens with one attached hydrogen (secondary N) is 1. The van der Waals surface area contributed by atoms with Crippen molar-refractivity contribution in [3.05, 3.63) is 60.4 Å². The van der Waals surface area contributed by atoms with Crippen LogP contribution < -0.4 is 5.32 Å². The number of thioether (sulfide) groups is 1. The minimum absolute atomic E-state index is 0.0669. The number of hydrogen-bond donors (Lipinski definition) is 1. The Morgan fingerprint density at radius 2 is 1.87 bits per heavy atom. The van der Waals surface area contributed by atoms with Gasteiger partial charge in [-0.05, 0) is 35.1 Å². The summed E-state index contributed by atoms with van der Waals surface area (Å²) in [5.41, 5.74) is 3.22. The van der Waals surface area contributed by atoms with Gasteiger partial charge in [-0.2, -0.15) is 0 Å². The van der Waals surface area contributed by atoms with Gasteiger partial charge < -0.3 is 9.73 Å². The van der Waals surface area contributed by atoms with Crippen LogP contribution >= 0.6 is 11.8 Å². The molecule has 0 bridgehead atoms. The molecule has 0 radical (unpaired) electrons. The molecule has 0 saturated carbocycles. The molecule has 7 heteroatoms. The number of carbonyl (C=O) groups is 1. The van der Waals surface area contributed by atoms with Crippen molar-refractivity contribution in [3.8, 4) is 11.6 Å². The molecule has 3 rings (SSSR count). The van der Waals surface area contributed by atoms with Crippen LogP contribution in [0.3, 0.4) is 0 Å². The van der Waals surface area contributed by atoms with Gasteiger partial charge in [0, 0.05) is 12.2 Å². The Balaban J connectivity index is 1.77. The summed E-state index contributed by atoms with van der Waals surface area (Å²) < 4.78 is 7.34. The summed E-state index contributed by atoms with van der Waals surface area (Å²) in [4.78, 5) is 12.8. The normalized spacial score (nSPS) is 11.3. The summed E-state index contributed by atoms with van der Waals surface area (Å²) in [5, 5.41) is 12.3. The number of aromatic nitrogens is 3. The van der Waals surface area contributed by atoms with Crippen molar-refractivity contribution in [2.24, 2.45) is 0 Å². The van der Waals surface area contributed by atoms with Crippen LogP contribution in [0.25, 0.3) is 11.6 Å². The highest BCUT2D eigenvalue weighted by Gasteiger charge is 2.19. The first-order valence-corrected chi connectivity index (χ1v) is 11.0. The molecule has 6 nitrogen and oxygen atoms in total. The first kappa shape index (κ1) is 21.9. The molecule has 0 fully saturated rings. The predicted octanol–water partition coefficient (Wildman–Crippen LogP) is 5.70. The molecule has 0 aliphatic heterocycles. The minimum atomic E-state index is -0.0669. The van der Waals surface area contributed by atoms with Crippen LogP contribution in [0, 0.1) is 0 Å². The number of nitrogens with zero attached hydrogens (tertiary/aromatic N) is 3. The van der Waals surface area contributed by atoms with Gasteiger partial charge in [-0.1, -0.05) is 63.7 Å². The largest absolute Gasteiger partial charge is 0.461 e. The van der Waals surface area contributed by atoms with Crippen LogP contribution in [0.15, 0.2) is 58.8 Å². The molecule has 0 spiro atoms. The average molecular weight is 425 g/mol. The quantitative estimate of drug-likeness (QED) is 0.352. The van der Waals surface area contributed by atoms with Crippen molar-refractivity contribution < 1.29 is 9.21 Å². The molecular weight excluding hydrogens is 396 g/mol. The second-order valence-corrected chi connectivity index (χ2v) is 8.58. The fourth-order valence-electron chi connectivity index (χ4n) is 3.28. The lowest BCUT2D eigenvalue weighted by Gasteiger charge is -2.20.